The standard InChI is InChI=1S/C25H30NO2P/c1-18(2)28-23-15-9-7-13-21(23)22-14-8-10-16-24(22)29-17-26-19(3)25(27)20-11-5-4-6-12-20/h4-16,18-19,25-27,29H,17H2,1-3H3/t19-,25-/m0/s1. The Morgan fingerprint density at radius 2 is 1.45 bits per heavy atom. The van der Waals surface area contributed by atoms with Crippen molar-refractivity contribution in [3.63, 3.8) is 0 Å². The molecule has 0 fully saturated rings. The molecule has 29 heavy (non-hydrogen) atoms. The molecule has 4 heteroatoms. The predicted molar refractivity (Wildman–Crippen MR) is 124 cm³/mol. The Morgan fingerprint density at radius 3 is 2.17 bits per heavy atom. The van der Waals surface area contributed by atoms with E-state index in [0.29, 0.717) is 8.58 Å². The average Bonchev–Trinajstić information content (AvgIpc) is 2.74. The van der Waals surface area contributed by atoms with E-state index in [2.05, 4.69) is 41.7 Å². The van der Waals surface area contributed by atoms with E-state index in [1.54, 1.807) is 0 Å². The molecule has 0 saturated heterocycles. The fourth-order valence-electron chi connectivity index (χ4n) is 3.28. The number of aliphatic hydroxyl groups excluding tert-OH is 1. The van der Waals surface area contributed by atoms with Gasteiger partial charge in [-0.25, -0.2) is 0 Å². The third-order valence-corrected chi connectivity index (χ3v) is 5.98. The van der Waals surface area contributed by atoms with Crippen LogP contribution in [-0.4, -0.2) is 23.5 Å². The average molecular weight is 407 g/mol. The van der Waals surface area contributed by atoms with Gasteiger partial charge in [-0.2, -0.15) is 0 Å². The summed E-state index contributed by atoms with van der Waals surface area (Å²) < 4.78 is 6.03. The maximum atomic E-state index is 10.6. The second-order valence-corrected chi connectivity index (χ2v) is 8.66. The minimum atomic E-state index is -0.517. The molecule has 0 aromatic heterocycles. The highest BCUT2D eigenvalue weighted by atomic mass is 31.1. The quantitative estimate of drug-likeness (QED) is 0.484. The third-order valence-electron chi connectivity index (χ3n) is 4.78. The molecule has 1 unspecified atom stereocenters. The van der Waals surface area contributed by atoms with Gasteiger partial charge in [0.1, 0.15) is 5.75 Å². The summed E-state index contributed by atoms with van der Waals surface area (Å²) >= 11 is 0. The van der Waals surface area contributed by atoms with E-state index in [0.717, 1.165) is 23.2 Å². The number of hydrogen-bond acceptors (Lipinski definition) is 3. The van der Waals surface area contributed by atoms with Gasteiger partial charge in [-0.15, -0.1) is 0 Å². The van der Waals surface area contributed by atoms with Crippen LogP contribution in [0, 0.1) is 0 Å². The van der Waals surface area contributed by atoms with Crippen LogP contribution >= 0.6 is 8.58 Å². The molecule has 0 aliphatic heterocycles. The van der Waals surface area contributed by atoms with Crippen LogP contribution in [0.5, 0.6) is 5.75 Å². The lowest BCUT2D eigenvalue weighted by molar-refractivity contribution is 0.139. The number of aliphatic hydroxyl groups is 1. The highest BCUT2D eigenvalue weighted by molar-refractivity contribution is 7.47. The molecule has 0 amide bonds. The minimum Gasteiger partial charge on any atom is -0.490 e. The molecule has 3 atom stereocenters. The summed E-state index contributed by atoms with van der Waals surface area (Å²) in [4.78, 5) is 0. The second kappa shape index (κ2) is 10.5. The third kappa shape index (κ3) is 5.90. The molecule has 0 aliphatic rings. The van der Waals surface area contributed by atoms with Crippen LogP contribution < -0.4 is 15.4 Å². The SMILES string of the molecule is CC(C)Oc1ccccc1-c1ccccc1PCN[C@@H](C)[C@H](O)c1ccccc1. The van der Waals surface area contributed by atoms with Gasteiger partial charge in [0.2, 0.25) is 0 Å². The van der Waals surface area contributed by atoms with Gasteiger partial charge < -0.3 is 15.2 Å². The van der Waals surface area contributed by atoms with E-state index in [9.17, 15) is 5.11 Å². The Bertz CT molecular complexity index is 898. The normalized spacial score (nSPS) is 13.7. The van der Waals surface area contributed by atoms with E-state index >= 15 is 0 Å². The molecule has 0 saturated carbocycles. The molecule has 0 heterocycles. The predicted octanol–water partition coefficient (Wildman–Crippen LogP) is 5.11. The zero-order valence-electron chi connectivity index (χ0n) is 17.3. The smallest absolute Gasteiger partial charge is 0.127 e. The summed E-state index contributed by atoms with van der Waals surface area (Å²) in [5.74, 6) is 0.917. The lowest BCUT2D eigenvalue weighted by atomic mass is 10.0. The zero-order valence-corrected chi connectivity index (χ0v) is 18.3. The van der Waals surface area contributed by atoms with Gasteiger partial charge in [0, 0.05) is 17.9 Å². The van der Waals surface area contributed by atoms with Crippen molar-refractivity contribution < 1.29 is 9.84 Å². The fraction of sp³-hybridized carbons (Fsp3) is 0.280. The number of hydrogen-bond donors (Lipinski definition) is 2. The zero-order chi connectivity index (χ0) is 20.6. The molecular formula is C25H30NO2P. The number of nitrogens with one attached hydrogen (secondary N) is 1. The molecule has 2 N–H and O–H groups in total. The Balaban J connectivity index is 1.69. The molecule has 3 aromatic rings. The molecule has 3 nitrogen and oxygen atoms in total. The van der Waals surface area contributed by atoms with Gasteiger partial charge in [0.05, 0.1) is 12.2 Å². The lowest BCUT2D eigenvalue weighted by Gasteiger charge is -2.21. The molecular weight excluding hydrogens is 377 g/mol. The van der Waals surface area contributed by atoms with Crippen LogP contribution in [0.3, 0.4) is 0 Å². The molecule has 0 bridgehead atoms. The Morgan fingerprint density at radius 1 is 0.828 bits per heavy atom. The maximum Gasteiger partial charge on any atom is 0.127 e. The van der Waals surface area contributed by atoms with Crippen molar-refractivity contribution >= 4 is 13.9 Å². The van der Waals surface area contributed by atoms with Crippen molar-refractivity contribution in [2.24, 2.45) is 0 Å². The minimum absolute atomic E-state index is 0.0198. The van der Waals surface area contributed by atoms with Crippen LogP contribution in [0.4, 0.5) is 0 Å². The second-order valence-electron chi connectivity index (χ2n) is 7.41. The first-order valence-electron chi connectivity index (χ1n) is 10.1. The van der Waals surface area contributed by atoms with Crippen LogP contribution in [0.25, 0.3) is 11.1 Å². The van der Waals surface area contributed by atoms with E-state index in [1.807, 2.05) is 63.2 Å². The molecule has 3 rings (SSSR count). The Kier molecular flexibility index (Phi) is 7.83. The van der Waals surface area contributed by atoms with Crippen LogP contribution in [-0.2, 0) is 0 Å². The molecule has 0 aliphatic carbocycles. The summed E-state index contributed by atoms with van der Waals surface area (Å²) in [5.41, 5.74) is 3.28. The van der Waals surface area contributed by atoms with Crippen molar-refractivity contribution in [1.82, 2.24) is 5.32 Å². The van der Waals surface area contributed by atoms with Crippen molar-refractivity contribution in [2.75, 3.05) is 6.29 Å². The van der Waals surface area contributed by atoms with Crippen LogP contribution in [0.1, 0.15) is 32.4 Å². The number of ether oxygens (including phenoxy) is 1. The van der Waals surface area contributed by atoms with Crippen LogP contribution in [0.2, 0.25) is 0 Å². The highest BCUT2D eigenvalue weighted by Crippen LogP contribution is 2.32. The highest BCUT2D eigenvalue weighted by Gasteiger charge is 2.16. The van der Waals surface area contributed by atoms with Crippen molar-refractivity contribution in [1.29, 1.82) is 0 Å². The number of benzene rings is 3. The lowest BCUT2D eigenvalue weighted by Crippen LogP contribution is -2.32. The summed E-state index contributed by atoms with van der Waals surface area (Å²) in [6.45, 7) is 6.13. The molecule has 3 aromatic carbocycles. The maximum absolute atomic E-state index is 10.6. The Labute approximate surface area is 175 Å². The van der Waals surface area contributed by atoms with Gasteiger partial charge in [-0.05, 0) is 43.3 Å². The topological polar surface area (TPSA) is 41.5 Å². The van der Waals surface area contributed by atoms with E-state index in [-0.39, 0.29) is 12.1 Å². The van der Waals surface area contributed by atoms with Crippen molar-refractivity contribution in [3.8, 4) is 16.9 Å². The Hall–Kier alpha value is -2.19. The van der Waals surface area contributed by atoms with E-state index < -0.39 is 6.10 Å². The van der Waals surface area contributed by atoms with Gasteiger partial charge >= 0.3 is 0 Å². The van der Waals surface area contributed by atoms with Gasteiger partial charge in [0.25, 0.3) is 0 Å². The van der Waals surface area contributed by atoms with Crippen molar-refractivity contribution in [3.05, 3.63) is 84.4 Å². The van der Waals surface area contributed by atoms with Crippen LogP contribution in [0.15, 0.2) is 78.9 Å². The number of para-hydroxylation sites is 1. The summed E-state index contributed by atoms with van der Waals surface area (Å²) in [5, 5.41) is 15.3. The summed E-state index contributed by atoms with van der Waals surface area (Å²) in [6, 6.07) is 26.5. The summed E-state index contributed by atoms with van der Waals surface area (Å²) in [6.07, 6.45) is 0.430. The van der Waals surface area contributed by atoms with Gasteiger partial charge in [-0.3, -0.25) is 0 Å². The fourth-order valence-corrected chi connectivity index (χ4v) is 4.51. The first-order chi connectivity index (χ1) is 14.1. The van der Waals surface area contributed by atoms with Crippen molar-refractivity contribution in [2.45, 2.75) is 39.0 Å². The number of rotatable bonds is 9. The largest absolute Gasteiger partial charge is 0.490 e. The van der Waals surface area contributed by atoms with Gasteiger partial charge in [0.15, 0.2) is 0 Å². The summed E-state index contributed by atoms with van der Waals surface area (Å²) in [7, 11) is 0.587. The first-order valence-corrected chi connectivity index (χ1v) is 11.3. The van der Waals surface area contributed by atoms with Gasteiger partial charge in [-0.1, -0.05) is 81.4 Å². The van der Waals surface area contributed by atoms with E-state index in [4.69, 9.17) is 4.74 Å². The molecule has 0 spiro atoms. The first kappa shape index (κ1) is 21.5. The monoisotopic (exact) mass is 407 g/mol. The molecule has 0 radical (unpaired) electrons. The molecule has 152 valence electrons. The van der Waals surface area contributed by atoms with E-state index in [1.165, 1.54) is 10.9 Å².